The van der Waals surface area contributed by atoms with Gasteiger partial charge < -0.3 is 15.5 Å². The van der Waals surface area contributed by atoms with Crippen LogP contribution in [0.25, 0.3) is 0 Å². The topological polar surface area (TPSA) is 66.6 Å². The van der Waals surface area contributed by atoms with Gasteiger partial charge in [0.05, 0.1) is 6.42 Å². The van der Waals surface area contributed by atoms with Crippen LogP contribution in [-0.4, -0.2) is 53.8 Å². The van der Waals surface area contributed by atoms with Crippen LogP contribution in [0.5, 0.6) is 0 Å². The summed E-state index contributed by atoms with van der Waals surface area (Å²) in [5, 5.41) is 0. The molecule has 0 aromatic carbocycles. The molecule has 5 heteroatoms. The van der Waals surface area contributed by atoms with Crippen molar-refractivity contribution in [2.75, 3.05) is 26.2 Å². The molecule has 2 N–H and O–H groups in total. The molecule has 0 aromatic heterocycles. The van der Waals surface area contributed by atoms with Gasteiger partial charge in [-0.15, -0.1) is 0 Å². The minimum absolute atomic E-state index is 0.0454. The molecule has 1 saturated heterocycles. The lowest BCUT2D eigenvalue weighted by molar-refractivity contribution is -0.129. The van der Waals surface area contributed by atoms with Gasteiger partial charge in [-0.25, -0.2) is 0 Å². The lowest BCUT2D eigenvalue weighted by Gasteiger charge is -2.38. The van der Waals surface area contributed by atoms with E-state index in [1.54, 1.807) is 13.3 Å². The molecule has 1 aliphatic heterocycles. The van der Waals surface area contributed by atoms with E-state index in [4.69, 9.17) is 5.73 Å². The molecule has 1 atom stereocenters. The molecule has 0 bridgehead atoms. The zero-order valence-electron chi connectivity index (χ0n) is 14.4. The smallest absolute Gasteiger partial charge is 0.226 e. The first-order valence-electron chi connectivity index (χ1n) is 8.65. The molecule has 1 heterocycles. The van der Waals surface area contributed by atoms with E-state index in [1.165, 1.54) is 12.8 Å². The third kappa shape index (κ3) is 5.95. The maximum atomic E-state index is 12.2. The first-order valence-corrected chi connectivity index (χ1v) is 8.65. The second kappa shape index (κ2) is 9.82. The molecule has 22 heavy (non-hydrogen) atoms. The molecular formula is C17H32N3O2. The Balaban J connectivity index is 2.37. The summed E-state index contributed by atoms with van der Waals surface area (Å²) in [6.45, 7) is 10.1. The fraction of sp³-hybridized carbons (Fsp3) is 0.824. The van der Waals surface area contributed by atoms with E-state index in [-0.39, 0.29) is 17.7 Å². The summed E-state index contributed by atoms with van der Waals surface area (Å²) >= 11 is 0. The van der Waals surface area contributed by atoms with E-state index in [1.807, 2.05) is 4.90 Å². The summed E-state index contributed by atoms with van der Waals surface area (Å²) in [4.78, 5) is 27.6. The quantitative estimate of drug-likeness (QED) is 0.706. The summed E-state index contributed by atoms with van der Waals surface area (Å²) in [6, 6.07) is 0.605. The van der Waals surface area contributed by atoms with Gasteiger partial charge in [-0.2, -0.15) is 0 Å². The molecule has 1 radical (unpaired) electrons. The Kier molecular flexibility index (Phi) is 8.46. The highest BCUT2D eigenvalue weighted by atomic mass is 16.2. The SMILES string of the molecule is CCCN(CCC)C1CCN(C(=O)[CH]C[C@H](C)C(N)=O)CC1. The number of likely N-dealkylation sites (tertiary alicyclic amines) is 1. The predicted molar refractivity (Wildman–Crippen MR) is 89.0 cm³/mol. The van der Waals surface area contributed by atoms with Crippen molar-refractivity contribution in [1.82, 2.24) is 9.80 Å². The van der Waals surface area contributed by atoms with Gasteiger partial charge in [-0.3, -0.25) is 9.59 Å². The van der Waals surface area contributed by atoms with Gasteiger partial charge in [0.25, 0.3) is 0 Å². The maximum absolute atomic E-state index is 12.2. The van der Waals surface area contributed by atoms with E-state index in [9.17, 15) is 9.59 Å². The lowest BCUT2D eigenvalue weighted by atomic mass is 10.0. The highest BCUT2D eigenvalue weighted by Crippen LogP contribution is 2.18. The van der Waals surface area contributed by atoms with Crippen molar-refractivity contribution in [2.24, 2.45) is 11.7 Å². The zero-order chi connectivity index (χ0) is 16.5. The van der Waals surface area contributed by atoms with E-state index in [0.717, 1.165) is 39.0 Å². The molecule has 1 fully saturated rings. The number of nitrogens with zero attached hydrogens (tertiary/aromatic N) is 2. The number of carbonyl (C=O) groups is 2. The number of rotatable bonds is 9. The van der Waals surface area contributed by atoms with E-state index < -0.39 is 0 Å². The van der Waals surface area contributed by atoms with Gasteiger partial charge in [-0.05, 0) is 45.2 Å². The number of hydrogen-bond acceptors (Lipinski definition) is 3. The molecule has 2 amide bonds. The first kappa shape index (κ1) is 18.9. The van der Waals surface area contributed by atoms with Crippen LogP contribution >= 0.6 is 0 Å². The summed E-state index contributed by atoms with van der Waals surface area (Å²) in [5.41, 5.74) is 5.22. The molecule has 0 unspecified atom stereocenters. The third-order valence-electron chi connectivity index (χ3n) is 4.45. The standard InChI is InChI=1S/C17H32N3O2/c1-4-10-19(11-5-2)15-8-12-20(13-9-15)16(21)7-6-14(3)17(18)22/h7,14-15H,4-6,8-13H2,1-3H3,(H2,18,22)/t14-/m0/s1. The zero-order valence-corrected chi connectivity index (χ0v) is 14.4. The van der Waals surface area contributed by atoms with Crippen LogP contribution in [0.2, 0.25) is 0 Å². The molecular weight excluding hydrogens is 278 g/mol. The van der Waals surface area contributed by atoms with E-state index in [0.29, 0.717) is 12.5 Å². The van der Waals surface area contributed by atoms with Crippen LogP contribution in [-0.2, 0) is 9.59 Å². The maximum Gasteiger partial charge on any atom is 0.226 e. The second-order valence-corrected chi connectivity index (χ2v) is 6.34. The fourth-order valence-corrected chi connectivity index (χ4v) is 3.03. The van der Waals surface area contributed by atoms with Crippen molar-refractivity contribution < 1.29 is 9.59 Å². The monoisotopic (exact) mass is 310 g/mol. The van der Waals surface area contributed by atoms with E-state index >= 15 is 0 Å². The normalized spacial score (nSPS) is 17.7. The van der Waals surface area contributed by atoms with E-state index in [2.05, 4.69) is 18.7 Å². The van der Waals surface area contributed by atoms with Crippen LogP contribution in [0, 0.1) is 12.3 Å². The molecule has 0 aliphatic carbocycles. The van der Waals surface area contributed by atoms with Gasteiger partial charge in [-0.1, -0.05) is 20.8 Å². The average molecular weight is 310 g/mol. The molecule has 0 aromatic rings. The van der Waals surface area contributed by atoms with Crippen LogP contribution in [0.1, 0.15) is 52.9 Å². The number of nitrogens with two attached hydrogens (primary N) is 1. The van der Waals surface area contributed by atoms with Gasteiger partial charge in [0.15, 0.2) is 0 Å². The van der Waals surface area contributed by atoms with Crippen LogP contribution < -0.4 is 5.73 Å². The minimum atomic E-state index is -0.350. The van der Waals surface area contributed by atoms with Gasteiger partial charge in [0.1, 0.15) is 0 Å². The van der Waals surface area contributed by atoms with Crippen LogP contribution in [0.15, 0.2) is 0 Å². The van der Waals surface area contributed by atoms with Gasteiger partial charge in [0.2, 0.25) is 11.8 Å². The summed E-state index contributed by atoms with van der Waals surface area (Å²) in [6.07, 6.45) is 6.50. The summed E-state index contributed by atoms with van der Waals surface area (Å²) in [5.74, 6) is -0.576. The largest absolute Gasteiger partial charge is 0.369 e. The summed E-state index contributed by atoms with van der Waals surface area (Å²) < 4.78 is 0. The molecule has 5 nitrogen and oxygen atoms in total. The molecule has 127 valence electrons. The highest BCUT2D eigenvalue weighted by molar-refractivity contribution is 5.86. The van der Waals surface area contributed by atoms with Crippen molar-refractivity contribution in [1.29, 1.82) is 0 Å². The molecule has 0 spiro atoms. The number of primary amides is 1. The van der Waals surface area contributed by atoms with Crippen LogP contribution in [0.3, 0.4) is 0 Å². The Bertz CT molecular complexity index is 346. The highest BCUT2D eigenvalue weighted by Gasteiger charge is 2.26. The Labute approximate surface area is 135 Å². The third-order valence-corrected chi connectivity index (χ3v) is 4.45. The molecule has 1 aliphatic rings. The first-order chi connectivity index (χ1) is 10.5. The second-order valence-electron chi connectivity index (χ2n) is 6.34. The van der Waals surface area contributed by atoms with Crippen molar-refractivity contribution in [3.05, 3.63) is 6.42 Å². The number of hydrogen-bond donors (Lipinski definition) is 1. The molecule has 1 rings (SSSR count). The van der Waals surface area contributed by atoms with Crippen molar-refractivity contribution in [3.8, 4) is 0 Å². The Morgan fingerprint density at radius 3 is 2.23 bits per heavy atom. The van der Waals surface area contributed by atoms with Gasteiger partial charge >= 0.3 is 0 Å². The van der Waals surface area contributed by atoms with Crippen molar-refractivity contribution in [3.63, 3.8) is 0 Å². The van der Waals surface area contributed by atoms with Crippen molar-refractivity contribution in [2.45, 2.75) is 58.9 Å². The Hall–Kier alpha value is -1.10. The predicted octanol–water partition coefficient (Wildman–Crippen LogP) is 1.82. The minimum Gasteiger partial charge on any atom is -0.369 e. The Morgan fingerprint density at radius 2 is 1.77 bits per heavy atom. The number of piperidine rings is 1. The number of carbonyl (C=O) groups excluding carboxylic acids is 2. The average Bonchev–Trinajstić information content (AvgIpc) is 2.52. The fourth-order valence-electron chi connectivity index (χ4n) is 3.03. The van der Waals surface area contributed by atoms with Gasteiger partial charge in [0, 0.05) is 25.0 Å². The summed E-state index contributed by atoms with van der Waals surface area (Å²) in [7, 11) is 0. The number of amides is 2. The molecule has 0 saturated carbocycles. The lowest BCUT2D eigenvalue weighted by Crippen LogP contribution is -2.47. The van der Waals surface area contributed by atoms with Crippen molar-refractivity contribution >= 4 is 11.8 Å². The Morgan fingerprint density at radius 1 is 1.23 bits per heavy atom. The van der Waals surface area contributed by atoms with Crippen LogP contribution in [0.4, 0.5) is 0 Å².